The molecule has 0 fully saturated rings. The number of rotatable bonds is 4. The van der Waals surface area contributed by atoms with E-state index in [0.29, 0.717) is 11.7 Å². The average molecular weight is 259 g/mol. The molecule has 0 aliphatic carbocycles. The van der Waals surface area contributed by atoms with Crippen LogP contribution in [0, 0.1) is 11.7 Å². The van der Waals surface area contributed by atoms with E-state index in [2.05, 4.69) is 29.1 Å². The Balaban J connectivity index is 2.41. The van der Waals surface area contributed by atoms with Crippen molar-refractivity contribution >= 4 is 5.82 Å². The minimum atomic E-state index is -0.254. The number of anilines is 1. The first kappa shape index (κ1) is 13.5. The summed E-state index contributed by atoms with van der Waals surface area (Å²) in [6.45, 7) is 4.30. The van der Waals surface area contributed by atoms with Gasteiger partial charge in [0.2, 0.25) is 0 Å². The lowest BCUT2D eigenvalue weighted by Gasteiger charge is -2.09. The molecule has 0 unspecified atom stereocenters. The van der Waals surface area contributed by atoms with Crippen LogP contribution in [-0.2, 0) is 6.42 Å². The summed E-state index contributed by atoms with van der Waals surface area (Å²) in [4.78, 5) is 8.96. The van der Waals surface area contributed by atoms with Gasteiger partial charge in [0, 0.05) is 24.4 Å². The Kier molecular flexibility index (Phi) is 4.10. The summed E-state index contributed by atoms with van der Waals surface area (Å²) in [5, 5.41) is 3.04. The molecule has 0 amide bonds. The van der Waals surface area contributed by atoms with E-state index in [4.69, 9.17) is 0 Å². The molecule has 2 rings (SSSR count). The lowest BCUT2D eigenvalue weighted by atomic mass is 10.1. The van der Waals surface area contributed by atoms with E-state index in [9.17, 15) is 4.39 Å². The highest BCUT2D eigenvalue weighted by molar-refractivity contribution is 5.57. The minimum absolute atomic E-state index is 0.254. The van der Waals surface area contributed by atoms with Gasteiger partial charge in [0.15, 0.2) is 5.82 Å². The van der Waals surface area contributed by atoms with Gasteiger partial charge in [-0.05, 0) is 36.6 Å². The van der Waals surface area contributed by atoms with Crippen LogP contribution in [0.5, 0.6) is 0 Å². The summed E-state index contributed by atoms with van der Waals surface area (Å²) in [5.74, 6) is 1.68. The molecule has 1 aromatic carbocycles. The summed E-state index contributed by atoms with van der Waals surface area (Å²) in [7, 11) is 1.83. The molecule has 0 aliphatic rings. The average Bonchev–Trinajstić information content (AvgIpc) is 2.38. The van der Waals surface area contributed by atoms with Crippen molar-refractivity contribution in [3.8, 4) is 11.4 Å². The largest absolute Gasteiger partial charge is 0.373 e. The molecular formula is C15H18FN3. The second-order valence-corrected chi connectivity index (χ2v) is 4.92. The van der Waals surface area contributed by atoms with Crippen LogP contribution in [0.25, 0.3) is 11.4 Å². The van der Waals surface area contributed by atoms with Crippen LogP contribution in [0.3, 0.4) is 0 Å². The quantitative estimate of drug-likeness (QED) is 0.912. The summed E-state index contributed by atoms with van der Waals surface area (Å²) < 4.78 is 12.9. The second kappa shape index (κ2) is 5.78. The molecule has 0 radical (unpaired) electrons. The molecule has 2 aromatic rings. The third-order valence-corrected chi connectivity index (χ3v) is 2.76. The van der Waals surface area contributed by atoms with Gasteiger partial charge < -0.3 is 5.32 Å². The molecule has 4 heteroatoms. The number of nitrogens with zero attached hydrogens (tertiary/aromatic N) is 2. The van der Waals surface area contributed by atoms with E-state index in [1.54, 1.807) is 12.1 Å². The second-order valence-electron chi connectivity index (χ2n) is 4.92. The van der Waals surface area contributed by atoms with Gasteiger partial charge in [0.25, 0.3) is 0 Å². The summed E-state index contributed by atoms with van der Waals surface area (Å²) in [5.41, 5.74) is 1.82. The van der Waals surface area contributed by atoms with Crippen molar-refractivity contribution in [3.63, 3.8) is 0 Å². The van der Waals surface area contributed by atoms with Crippen molar-refractivity contribution in [2.75, 3.05) is 12.4 Å². The van der Waals surface area contributed by atoms with Crippen LogP contribution in [0.15, 0.2) is 30.3 Å². The molecule has 0 saturated carbocycles. The Morgan fingerprint density at radius 2 is 1.84 bits per heavy atom. The Bertz CT molecular complexity index is 550. The molecule has 3 nitrogen and oxygen atoms in total. The van der Waals surface area contributed by atoms with Gasteiger partial charge in [-0.2, -0.15) is 0 Å². The molecule has 0 saturated heterocycles. The molecule has 0 spiro atoms. The lowest BCUT2D eigenvalue weighted by Crippen LogP contribution is -2.03. The topological polar surface area (TPSA) is 37.8 Å². The van der Waals surface area contributed by atoms with Crippen molar-refractivity contribution in [3.05, 3.63) is 41.8 Å². The van der Waals surface area contributed by atoms with Crippen LogP contribution in [-0.4, -0.2) is 17.0 Å². The van der Waals surface area contributed by atoms with Crippen LogP contribution in [0.1, 0.15) is 19.5 Å². The summed E-state index contributed by atoms with van der Waals surface area (Å²) in [6.07, 6.45) is 0.894. The first-order valence-corrected chi connectivity index (χ1v) is 6.40. The zero-order valence-corrected chi connectivity index (χ0v) is 11.4. The van der Waals surface area contributed by atoms with Gasteiger partial charge in [-0.3, -0.25) is 0 Å². The van der Waals surface area contributed by atoms with E-state index in [1.165, 1.54) is 12.1 Å². The molecule has 0 bridgehead atoms. The van der Waals surface area contributed by atoms with Crippen molar-refractivity contribution in [2.45, 2.75) is 20.3 Å². The predicted molar refractivity (Wildman–Crippen MR) is 75.5 cm³/mol. The Morgan fingerprint density at radius 3 is 2.42 bits per heavy atom. The standard InChI is InChI=1S/C15H18FN3/c1-10(2)8-13-9-14(17-3)19-15(18-13)11-4-6-12(16)7-5-11/h4-7,9-10H,8H2,1-3H3,(H,17,18,19). The molecule has 1 N–H and O–H groups in total. The smallest absolute Gasteiger partial charge is 0.161 e. The zero-order valence-electron chi connectivity index (χ0n) is 11.4. The molecule has 19 heavy (non-hydrogen) atoms. The normalized spacial score (nSPS) is 10.8. The number of hydrogen-bond acceptors (Lipinski definition) is 3. The van der Waals surface area contributed by atoms with Crippen molar-refractivity contribution in [2.24, 2.45) is 5.92 Å². The Morgan fingerprint density at radius 1 is 1.16 bits per heavy atom. The van der Waals surface area contributed by atoms with Gasteiger partial charge >= 0.3 is 0 Å². The number of hydrogen-bond donors (Lipinski definition) is 1. The highest BCUT2D eigenvalue weighted by Crippen LogP contribution is 2.19. The maximum absolute atomic E-state index is 12.9. The Hall–Kier alpha value is -1.97. The van der Waals surface area contributed by atoms with Crippen molar-refractivity contribution < 1.29 is 4.39 Å². The third kappa shape index (κ3) is 3.50. The maximum Gasteiger partial charge on any atom is 0.161 e. The first-order chi connectivity index (χ1) is 9.08. The number of benzene rings is 1. The SMILES string of the molecule is CNc1cc(CC(C)C)nc(-c2ccc(F)cc2)n1. The third-order valence-electron chi connectivity index (χ3n) is 2.76. The Labute approximate surface area is 112 Å². The van der Waals surface area contributed by atoms with Crippen LogP contribution >= 0.6 is 0 Å². The predicted octanol–water partition coefficient (Wildman–Crippen LogP) is 3.52. The molecule has 0 aliphatic heterocycles. The van der Waals surface area contributed by atoms with Crippen molar-refractivity contribution in [1.82, 2.24) is 9.97 Å². The number of aromatic nitrogens is 2. The minimum Gasteiger partial charge on any atom is -0.373 e. The molecule has 0 atom stereocenters. The fraction of sp³-hybridized carbons (Fsp3) is 0.333. The molecule has 1 heterocycles. The zero-order chi connectivity index (χ0) is 13.8. The van der Waals surface area contributed by atoms with Crippen LogP contribution in [0.4, 0.5) is 10.2 Å². The summed E-state index contributed by atoms with van der Waals surface area (Å²) >= 11 is 0. The fourth-order valence-corrected chi connectivity index (χ4v) is 1.88. The highest BCUT2D eigenvalue weighted by atomic mass is 19.1. The first-order valence-electron chi connectivity index (χ1n) is 6.40. The van der Waals surface area contributed by atoms with Gasteiger partial charge in [-0.25, -0.2) is 14.4 Å². The van der Waals surface area contributed by atoms with Gasteiger partial charge in [-0.1, -0.05) is 13.8 Å². The van der Waals surface area contributed by atoms with Gasteiger partial charge in [0.05, 0.1) is 0 Å². The fourth-order valence-electron chi connectivity index (χ4n) is 1.88. The lowest BCUT2D eigenvalue weighted by molar-refractivity contribution is 0.628. The molecule has 100 valence electrons. The monoisotopic (exact) mass is 259 g/mol. The van der Waals surface area contributed by atoms with Crippen LogP contribution in [0.2, 0.25) is 0 Å². The van der Waals surface area contributed by atoms with E-state index >= 15 is 0 Å². The highest BCUT2D eigenvalue weighted by Gasteiger charge is 2.08. The number of halogens is 1. The van der Waals surface area contributed by atoms with E-state index in [1.807, 2.05) is 13.1 Å². The number of nitrogens with one attached hydrogen (secondary N) is 1. The van der Waals surface area contributed by atoms with Crippen molar-refractivity contribution in [1.29, 1.82) is 0 Å². The van der Waals surface area contributed by atoms with Crippen LogP contribution < -0.4 is 5.32 Å². The maximum atomic E-state index is 12.9. The molecular weight excluding hydrogens is 241 g/mol. The van der Waals surface area contributed by atoms with E-state index in [-0.39, 0.29) is 5.82 Å². The van der Waals surface area contributed by atoms with E-state index in [0.717, 1.165) is 23.5 Å². The van der Waals surface area contributed by atoms with Gasteiger partial charge in [-0.15, -0.1) is 0 Å². The van der Waals surface area contributed by atoms with Gasteiger partial charge in [0.1, 0.15) is 11.6 Å². The molecule has 1 aromatic heterocycles. The van der Waals surface area contributed by atoms with E-state index < -0.39 is 0 Å². The summed E-state index contributed by atoms with van der Waals surface area (Å²) in [6, 6.07) is 8.19.